The van der Waals surface area contributed by atoms with Gasteiger partial charge in [0.25, 0.3) is 0 Å². The molecule has 2 amide bonds. The molecule has 1 aromatic heterocycles. The van der Waals surface area contributed by atoms with Gasteiger partial charge in [-0.15, -0.1) is 0 Å². The van der Waals surface area contributed by atoms with Crippen molar-refractivity contribution in [1.29, 1.82) is 0 Å². The third-order valence-corrected chi connectivity index (χ3v) is 5.15. The Morgan fingerprint density at radius 3 is 2.40 bits per heavy atom. The molecule has 1 aliphatic heterocycles. The number of benzene rings is 1. The first-order valence-electron chi connectivity index (χ1n) is 9.72. The molecule has 3 rings (SSSR count). The van der Waals surface area contributed by atoms with Gasteiger partial charge >= 0.3 is 6.03 Å². The minimum atomic E-state index is -1.14. The Hall–Kier alpha value is -3.04. The molecule has 9 heteroatoms. The zero-order chi connectivity index (χ0) is 21.7. The van der Waals surface area contributed by atoms with Crippen LogP contribution in [0.3, 0.4) is 0 Å². The van der Waals surface area contributed by atoms with Crippen LogP contribution >= 0.6 is 0 Å². The molecule has 0 radical (unpaired) electrons. The monoisotopic (exact) mass is 416 g/mol. The summed E-state index contributed by atoms with van der Waals surface area (Å²) in [6.07, 6.45) is 1.63. The molecule has 0 aliphatic carbocycles. The van der Waals surface area contributed by atoms with E-state index in [4.69, 9.17) is 5.11 Å². The van der Waals surface area contributed by atoms with Crippen molar-refractivity contribution in [2.75, 3.05) is 37.7 Å². The maximum atomic E-state index is 13.9. The van der Waals surface area contributed by atoms with Crippen LogP contribution < -0.4 is 10.2 Å². The van der Waals surface area contributed by atoms with Gasteiger partial charge < -0.3 is 25.3 Å². The Labute approximate surface area is 173 Å². The van der Waals surface area contributed by atoms with E-state index in [9.17, 15) is 19.1 Å². The van der Waals surface area contributed by atoms with Gasteiger partial charge in [-0.2, -0.15) is 0 Å². The molecular weight excluding hydrogens is 391 g/mol. The highest BCUT2D eigenvalue weighted by atomic mass is 19.1. The minimum absolute atomic E-state index is 0.375. The van der Waals surface area contributed by atoms with E-state index in [1.165, 1.54) is 13.1 Å². The summed E-state index contributed by atoms with van der Waals surface area (Å²) >= 11 is 0. The second-order valence-electron chi connectivity index (χ2n) is 7.17. The van der Waals surface area contributed by atoms with E-state index < -0.39 is 30.6 Å². The first-order valence-corrected chi connectivity index (χ1v) is 9.72. The SMILES string of the molecule is C[C@H](O)[C@@H](NC(=O)N1CCN(c2ccc(-c3ccncc3F)cc2)CC1)C(=O)CO. The van der Waals surface area contributed by atoms with Crippen molar-refractivity contribution in [1.82, 2.24) is 15.2 Å². The highest BCUT2D eigenvalue weighted by molar-refractivity contribution is 5.89. The summed E-state index contributed by atoms with van der Waals surface area (Å²) in [6.45, 7) is 2.69. The molecule has 0 unspecified atom stereocenters. The molecule has 8 nitrogen and oxygen atoms in total. The Morgan fingerprint density at radius 1 is 1.17 bits per heavy atom. The van der Waals surface area contributed by atoms with Crippen LogP contribution in [-0.4, -0.2) is 76.8 Å². The predicted octanol–water partition coefficient (Wildman–Crippen LogP) is 1.03. The second kappa shape index (κ2) is 9.64. The number of hydrogen-bond donors (Lipinski definition) is 3. The van der Waals surface area contributed by atoms with E-state index in [0.29, 0.717) is 31.7 Å². The van der Waals surface area contributed by atoms with Crippen LogP contribution in [0.1, 0.15) is 6.92 Å². The number of aliphatic hydroxyl groups is 2. The molecule has 3 N–H and O–H groups in total. The van der Waals surface area contributed by atoms with Crippen molar-refractivity contribution in [3.8, 4) is 11.1 Å². The molecule has 2 atom stereocenters. The van der Waals surface area contributed by atoms with Crippen LogP contribution in [0.2, 0.25) is 0 Å². The second-order valence-corrected chi connectivity index (χ2v) is 7.17. The maximum absolute atomic E-state index is 13.9. The number of carbonyl (C=O) groups is 2. The summed E-state index contributed by atoms with van der Waals surface area (Å²) in [6, 6.07) is 7.56. The van der Waals surface area contributed by atoms with Gasteiger partial charge in [-0.3, -0.25) is 9.78 Å². The van der Waals surface area contributed by atoms with Gasteiger partial charge in [0.05, 0.1) is 12.3 Å². The van der Waals surface area contributed by atoms with Crippen molar-refractivity contribution in [2.24, 2.45) is 0 Å². The number of aliphatic hydroxyl groups excluding tert-OH is 2. The molecule has 2 heterocycles. The van der Waals surface area contributed by atoms with Gasteiger partial charge in [-0.05, 0) is 30.7 Å². The van der Waals surface area contributed by atoms with Crippen molar-refractivity contribution < 1.29 is 24.2 Å². The van der Waals surface area contributed by atoms with Crippen LogP contribution in [0.15, 0.2) is 42.7 Å². The number of amides is 2. The summed E-state index contributed by atoms with van der Waals surface area (Å²) in [4.78, 5) is 31.5. The molecule has 1 aromatic carbocycles. The first-order chi connectivity index (χ1) is 14.4. The van der Waals surface area contributed by atoms with E-state index in [0.717, 1.165) is 11.3 Å². The fourth-order valence-electron chi connectivity index (χ4n) is 3.42. The Bertz CT molecular complexity index is 883. The van der Waals surface area contributed by atoms with Gasteiger partial charge in [0.1, 0.15) is 18.5 Å². The van der Waals surface area contributed by atoms with E-state index in [1.807, 2.05) is 24.3 Å². The maximum Gasteiger partial charge on any atom is 0.318 e. The van der Waals surface area contributed by atoms with Crippen molar-refractivity contribution >= 4 is 17.5 Å². The summed E-state index contributed by atoms with van der Waals surface area (Å²) in [5, 5.41) is 21.2. The summed E-state index contributed by atoms with van der Waals surface area (Å²) < 4.78 is 13.9. The van der Waals surface area contributed by atoms with Crippen LogP contribution in [0, 0.1) is 5.82 Å². The average Bonchev–Trinajstić information content (AvgIpc) is 2.77. The highest BCUT2D eigenvalue weighted by Crippen LogP contribution is 2.25. The van der Waals surface area contributed by atoms with Gasteiger partial charge in [0.2, 0.25) is 0 Å². The lowest BCUT2D eigenvalue weighted by molar-refractivity contribution is -0.125. The number of ketones is 1. The molecule has 30 heavy (non-hydrogen) atoms. The van der Waals surface area contributed by atoms with Gasteiger partial charge in [0.15, 0.2) is 5.78 Å². The van der Waals surface area contributed by atoms with Crippen molar-refractivity contribution in [3.63, 3.8) is 0 Å². The standard InChI is InChI=1S/C21H25FN4O4/c1-14(28)20(19(29)13-27)24-21(30)26-10-8-25(9-11-26)16-4-2-15(3-5-16)17-6-7-23-12-18(17)22/h2-7,12,14,20,27-28H,8-11,13H2,1H3,(H,24,30)/t14-,20+/m0/s1. The van der Waals surface area contributed by atoms with Crippen molar-refractivity contribution in [3.05, 3.63) is 48.5 Å². The summed E-state index contributed by atoms with van der Waals surface area (Å²) in [5.41, 5.74) is 2.21. The minimum Gasteiger partial charge on any atom is -0.391 e. The molecule has 0 spiro atoms. The lowest BCUT2D eigenvalue weighted by Crippen LogP contribution is -2.57. The lowest BCUT2D eigenvalue weighted by Gasteiger charge is -2.37. The Kier molecular flexibility index (Phi) is 6.96. The number of halogens is 1. The number of Topliss-reactive ketones (excluding diaryl/α,β-unsaturated/α-hetero) is 1. The quantitative estimate of drug-likeness (QED) is 0.650. The number of anilines is 1. The summed E-state index contributed by atoms with van der Waals surface area (Å²) in [5.74, 6) is -1.01. The highest BCUT2D eigenvalue weighted by Gasteiger charge is 2.28. The number of hydrogen-bond acceptors (Lipinski definition) is 6. The van der Waals surface area contributed by atoms with Crippen LogP contribution in [0.25, 0.3) is 11.1 Å². The van der Waals surface area contributed by atoms with Crippen LogP contribution in [0.5, 0.6) is 0 Å². The fraction of sp³-hybridized carbons (Fsp3) is 0.381. The smallest absolute Gasteiger partial charge is 0.318 e. The average molecular weight is 416 g/mol. The molecule has 2 aromatic rings. The van der Waals surface area contributed by atoms with Gasteiger partial charge in [-0.25, -0.2) is 9.18 Å². The van der Waals surface area contributed by atoms with Crippen molar-refractivity contribution in [2.45, 2.75) is 19.1 Å². The number of rotatable bonds is 6. The zero-order valence-corrected chi connectivity index (χ0v) is 16.7. The first kappa shape index (κ1) is 21.7. The lowest BCUT2D eigenvalue weighted by atomic mass is 10.1. The van der Waals surface area contributed by atoms with E-state index >= 15 is 0 Å². The van der Waals surface area contributed by atoms with Gasteiger partial charge in [-0.1, -0.05) is 12.1 Å². The molecule has 1 saturated heterocycles. The zero-order valence-electron chi connectivity index (χ0n) is 16.7. The number of nitrogens with one attached hydrogen (secondary N) is 1. The molecule has 160 valence electrons. The molecule has 0 saturated carbocycles. The van der Waals surface area contributed by atoms with Gasteiger partial charge in [0, 0.05) is 43.6 Å². The van der Waals surface area contributed by atoms with Crippen LogP contribution in [-0.2, 0) is 4.79 Å². The number of carbonyl (C=O) groups excluding carboxylic acids is 2. The van der Waals surface area contributed by atoms with E-state index in [2.05, 4.69) is 15.2 Å². The summed E-state index contributed by atoms with van der Waals surface area (Å²) in [7, 11) is 0. The predicted molar refractivity (Wildman–Crippen MR) is 110 cm³/mol. The number of pyridine rings is 1. The molecule has 0 bridgehead atoms. The van der Waals surface area contributed by atoms with E-state index in [1.54, 1.807) is 17.2 Å². The molecule has 1 aliphatic rings. The fourth-order valence-corrected chi connectivity index (χ4v) is 3.42. The Balaban J connectivity index is 1.58. The number of nitrogens with zero attached hydrogens (tertiary/aromatic N) is 3. The normalized spacial score (nSPS) is 16.1. The number of piperazine rings is 1. The van der Waals surface area contributed by atoms with E-state index in [-0.39, 0.29) is 5.82 Å². The molecule has 1 fully saturated rings. The largest absolute Gasteiger partial charge is 0.391 e. The Morgan fingerprint density at radius 2 is 1.83 bits per heavy atom. The third-order valence-electron chi connectivity index (χ3n) is 5.15. The van der Waals surface area contributed by atoms with Crippen LogP contribution in [0.4, 0.5) is 14.9 Å². The molecular formula is C21H25FN4O4. The number of urea groups is 1. The number of aromatic nitrogens is 1. The topological polar surface area (TPSA) is 106 Å². The third kappa shape index (κ3) is 4.92.